The van der Waals surface area contributed by atoms with E-state index in [4.69, 9.17) is 5.73 Å². The summed E-state index contributed by atoms with van der Waals surface area (Å²) >= 11 is 0. The number of nitrogens with two attached hydrogens (primary N) is 1. The van der Waals surface area contributed by atoms with Gasteiger partial charge in [0.1, 0.15) is 10.7 Å². The number of nitrogens with one attached hydrogen (secondary N) is 1. The van der Waals surface area contributed by atoms with E-state index >= 15 is 0 Å². The van der Waals surface area contributed by atoms with Gasteiger partial charge in [0.15, 0.2) is 0 Å². The van der Waals surface area contributed by atoms with Gasteiger partial charge in [-0.25, -0.2) is 18.1 Å². The van der Waals surface area contributed by atoms with Crippen molar-refractivity contribution in [3.05, 3.63) is 18.3 Å². The number of pyridine rings is 1. The third kappa shape index (κ3) is 2.27. The number of nitrogen functional groups attached to an aromatic ring is 1. The van der Waals surface area contributed by atoms with Gasteiger partial charge < -0.3 is 5.73 Å². The Morgan fingerprint density at radius 2 is 2.13 bits per heavy atom. The minimum absolute atomic E-state index is 0.157. The molecule has 0 spiro atoms. The molecule has 1 aromatic heterocycles. The van der Waals surface area contributed by atoms with Crippen LogP contribution >= 0.6 is 0 Å². The van der Waals surface area contributed by atoms with E-state index < -0.39 is 10.0 Å². The maximum absolute atomic E-state index is 11.8. The van der Waals surface area contributed by atoms with Crippen molar-refractivity contribution in [2.75, 3.05) is 5.73 Å². The standard InChI is InChI=1S/C9H13N3O2S/c1-9(4-5-9)12-15(13,14)7-2-3-8(10)11-6-7/h2-3,6,12H,4-5H2,1H3,(H2,10,11). The predicted molar refractivity (Wildman–Crippen MR) is 56.6 cm³/mol. The summed E-state index contributed by atoms with van der Waals surface area (Å²) in [7, 11) is -3.44. The Balaban J connectivity index is 2.25. The van der Waals surface area contributed by atoms with Gasteiger partial charge in [-0.3, -0.25) is 0 Å². The van der Waals surface area contributed by atoms with E-state index in [-0.39, 0.29) is 10.4 Å². The molecule has 1 fully saturated rings. The second-order valence-electron chi connectivity index (χ2n) is 4.08. The monoisotopic (exact) mass is 227 g/mol. The van der Waals surface area contributed by atoms with Gasteiger partial charge in [-0.2, -0.15) is 0 Å². The third-order valence-corrected chi connectivity index (χ3v) is 4.07. The normalized spacial score (nSPS) is 18.7. The highest BCUT2D eigenvalue weighted by atomic mass is 32.2. The van der Waals surface area contributed by atoms with E-state index in [1.165, 1.54) is 18.3 Å². The van der Waals surface area contributed by atoms with Crippen LogP contribution in [0.3, 0.4) is 0 Å². The molecule has 2 rings (SSSR count). The lowest BCUT2D eigenvalue weighted by atomic mass is 10.4. The molecule has 0 aliphatic heterocycles. The Hall–Kier alpha value is -1.14. The van der Waals surface area contributed by atoms with Crippen molar-refractivity contribution in [2.45, 2.75) is 30.2 Å². The van der Waals surface area contributed by atoms with Crippen molar-refractivity contribution >= 4 is 15.8 Å². The summed E-state index contributed by atoms with van der Waals surface area (Å²) in [5.41, 5.74) is 5.12. The molecule has 0 atom stereocenters. The highest BCUT2D eigenvalue weighted by molar-refractivity contribution is 7.89. The summed E-state index contributed by atoms with van der Waals surface area (Å²) in [6.07, 6.45) is 3.03. The van der Waals surface area contributed by atoms with E-state index in [0.29, 0.717) is 5.82 Å². The van der Waals surface area contributed by atoms with Crippen LogP contribution in [0.5, 0.6) is 0 Å². The largest absolute Gasteiger partial charge is 0.384 e. The fraction of sp³-hybridized carbons (Fsp3) is 0.444. The summed E-state index contributed by atoms with van der Waals surface area (Å²) in [5, 5.41) is 0. The van der Waals surface area contributed by atoms with Crippen LogP contribution in [0.1, 0.15) is 19.8 Å². The Bertz CT molecular complexity index is 463. The van der Waals surface area contributed by atoms with Gasteiger partial charge >= 0.3 is 0 Å². The van der Waals surface area contributed by atoms with Crippen LogP contribution in [0.15, 0.2) is 23.2 Å². The van der Waals surface area contributed by atoms with Gasteiger partial charge in [0.25, 0.3) is 0 Å². The average Bonchev–Trinajstić information content (AvgIpc) is 2.82. The zero-order chi connectivity index (χ0) is 11.1. The zero-order valence-electron chi connectivity index (χ0n) is 8.40. The molecule has 1 saturated carbocycles. The highest BCUT2D eigenvalue weighted by Gasteiger charge is 2.41. The summed E-state index contributed by atoms with van der Waals surface area (Å²) in [4.78, 5) is 3.91. The van der Waals surface area contributed by atoms with Crippen molar-refractivity contribution in [1.82, 2.24) is 9.71 Å². The van der Waals surface area contributed by atoms with Crippen LogP contribution in [-0.2, 0) is 10.0 Å². The first kappa shape index (κ1) is 10.4. The summed E-state index contributed by atoms with van der Waals surface area (Å²) in [6, 6.07) is 2.93. The van der Waals surface area contributed by atoms with E-state index in [9.17, 15) is 8.42 Å². The molecule has 82 valence electrons. The van der Waals surface area contributed by atoms with Gasteiger partial charge in [-0.05, 0) is 31.9 Å². The van der Waals surface area contributed by atoms with Crippen molar-refractivity contribution in [3.8, 4) is 0 Å². The van der Waals surface area contributed by atoms with Crippen molar-refractivity contribution in [1.29, 1.82) is 0 Å². The van der Waals surface area contributed by atoms with Crippen LogP contribution in [0.2, 0.25) is 0 Å². The molecule has 1 aliphatic rings. The first-order chi connectivity index (χ1) is 6.91. The number of aromatic nitrogens is 1. The van der Waals surface area contributed by atoms with Crippen LogP contribution in [0.25, 0.3) is 0 Å². The Kier molecular flexibility index (Phi) is 2.20. The lowest BCUT2D eigenvalue weighted by molar-refractivity contribution is 0.557. The fourth-order valence-electron chi connectivity index (χ4n) is 1.22. The van der Waals surface area contributed by atoms with Gasteiger partial charge in [-0.1, -0.05) is 0 Å². The molecular weight excluding hydrogens is 214 g/mol. The van der Waals surface area contributed by atoms with E-state index in [0.717, 1.165) is 12.8 Å². The second kappa shape index (κ2) is 3.18. The number of hydrogen-bond acceptors (Lipinski definition) is 4. The number of anilines is 1. The molecule has 0 amide bonds. The Morgan fingerprint density at radius 3 is 2.60 bits per heavy atom. The Morgan fingerprint density at radius 1 is 1.47 bits per heavy atom. The molecule has 1 heterocycles. The van der Waals surface area contributed by atoms with Crippen LogP contribution in [-0.4, -0.2) is 18.9 Å². The average molecular weight is 227 g/mol. The van der Waals surface area contributed by atoms with E-state index in [1.807, 2.05) is 6.92 Å². The molecule has 0 aromatic carbocycles. The summed E-state index contributed by atoms with van der Waals surface area (Å²) < 4.78 is 26.2. The van der Waals surface area contributed by atoms with Gasteiger partial charge in [0.05, 0.1) is 0 Å². The fourth-order valence-corrected chi connectivity index (χ4v) is 2.63. The van der Waals surface area contributed by atoms with Crippen LogP contribution < -0.4 is 10.5 Å². The van der Waals surface area contributed by atoms with Crippen LogP contribution in [0, 0.1) is 0 Å². The van der Waals surface area contributed by atoms with Crippen LogP contribution in [0.4, 0.5) is 5.82 Å². The number of hydrogen-bond donors (Lipinski definition) is 2. The minimum Gasteiger partial charge on any atom is -0.384 e. The lowest BCUT2D eigenvalue weighted by Gasteiger charge is -2.11. The highest BCUT2D eigenvalue weighted by Crippen LogP contribution is 2.35. The quantitative estimate of drug-likeness (QED) is 0.787. The van der Waals surface area contributed by atoms with Crippen molar-refractivity contribution in [3.63, 3.8) is 0 Å². The Labute approximate surface area is 88.8 Å². The summed E-state index contributed by atoms with van der Waals surface area (Å²) in [6.45, 7) is 1.88. The molecule has 0 unspecified atom stereocenters. The molecule has 0 bridgehead atoms. The summed E-state index contributed by atoms with van der Waals surface area (Å²) in [5.74, 6) is 0.312. The number of rotatable bonds is 3. The molecular formula is C9H13N3O2S. The SMILES string of the molecule is CC1(NS(=O)(=O)c2ccc(N)nc2)CC1. The molecule has 15 heavy (non-hydrogen) atoms. The van der Waals surface area contributed by atoms with Gasteiger partial charge in [0.2, 0.25) is 10.0 Å². The van der Waals surface area contributed by atoms with Gasteiger partial charge in [-0.15, -0.1) is 0 Å². The second-order valence-corrected chi connectivity index (χ2v) is 5.77. The smallest absolute Gasteiger partial charge is 0.242 e. The topological polar surface area (TPSA) is 85.1 Å². The van der Waals surface area contributed by atoms with Crippen molar-refractivity contribution in [2.24, 2.45) is 0 Å². The van der Waals surface area contributed by atoms with Gasteiger partial charge in [0, 0.05) is 11.7 Å². The molecule has 3 N–H and O–H groups in total. The third-order valence-electron chi connectivity index (χ3n) is 2.45. The molecule has 1 aliphatic carbocycles. The number of nitrogens with zero attached hydrogens (tertiary/aromatic N) is 1. The maximum atomic E-state index is 11.8. The first-order valence-electron chi connectivity index (χ1n) is 4.67. The lowest BCUT2D eigenvalue weighted by Crippen LogP contribution is -2.34. The van der Waals surface area contributed by atoms with Crippen molar-refractivity contribution < 1.29 is 8.42 Å². The number of sulfonamides is 1. The van der Waals surface area contributed by atoms with E-state index in [2.05, 4.69) is 9.71 Å². The minimum atomic E-state index is -3.44. The molecule has 0 saturated heterocycles. The zero-order valence-corrected chi connectivity index (χ0v) is 9.21. The molecule has 5 nitrogen and oxygen atoms in total. The molecule has 1 aromatic rings. The predicted octanol–water partition coefficient (Wildman–Crippen LogP) is 0.495. The maximum Gasteiger partial charge on any atom is 0.242 e. The first-order valence-corrected chi connectivity index (χ1v) is 6.15. The molecule has 0 radical (unpaired) electrons. The van der Waals surface area contributed by atoms with E-state index in [1.54, 1.807) is 0 Å². The molecule has 6 heteroatoms.